The maximum atomic E-state index is 11.7. The number of methoxy groups -OCH3 is 1. The molecule has 0 bridgehead atoms. The quantitative estimate of drug-likeness (QED) is 0.841. The van der Waals surface area contributed by atoms with Crippen molar-refractivity contribution in [2.45, 2.75) is 13.0 Å². The molecule has 0 saturated carbocycles. The average Bonchev–Trinajstić information content (AvgIpc) is 2.39. The second-order valence-electron chi connectivity index (χ2n) is 3.96. The minimum absolute atomic E-state index is 0.121. The van der Waals surface area contributed by atoms with Crippen LogP contribution in [0.1, 0.15) is 12.0 Å². The van der Waals surface area contributed by atoms with Gasteiger partial charge >= 0.3 is 6.03 Å². The fourth-order valence-corrected chi connectivity index (χ4v) is 1.70. The Morgan fingerprint density at radius 3 is 2.68 bits per heavy atom. The van der Waals surface area contributed by atoms with Crippen LogP contribution in [-0.2, 0) is 11.3 Å². The minimum Gasteiger partial charge on any atom is -0.496 e. The Morgan fingerprint density at radius 2 is 2.05 bits per heavy atom. The van der Waals surface area contributed by atoms with E-state index in [2.05, 4.69) is 5.32 Å². The standard InChI is InChI=1S/C13H17ClN2O3/c1-16(13(18)15-12(17)7-8-14)9-10-5-3-4-6-11(10)19-2/h3-6H,7-9H2,1-2H3,(H,15,17,18). The van der Waals surface area contributed by atoms with Crippen LogP contribution in [0, 0.1) is 0 Å². The number of nitrogens with zero attached hydrogens (tertiary/aromatic N) is 1. The van der Waals surface area contributed by atoms with E-state index >= 15 is 0 Å². The van der Waals surface area contributed by atoms with Crippen molar-refractivity contribution in [2.75, 3.05) is 20.0 Å². The summed E-state index contributed by atoms with van der Waals surface area (Å²) >= 11 is 5.43. The van der Waals surface area contributed by atoms with Gasteiger partial charge in [0.15, 0.2) is 0 Å². The lowest BCUT2D eigenvalue weighted by molar-refractivity contribution is -0.119. The Labute approximate surface area is 117 Å². The highest BCUT2D eigenvalue weighted by atomic mass is 35.5. The summed E-state index contributed by atoms with van der Waals surface area (Å²) in [5.41, 5.74) is 0.868. The van der Waals surface area contributed by atoms with Gasteiger partial charge in [-0.05, 0) is 6.07 Å². The molecule has 0 aliphatic rings. The highest BCUT2D eigenvalue weighted by molar-refractivity contribution is 6.19. The van der Waals surface area contributed by atoms with Crippen LogP contribution in [-0.4, -0.2) is 36.9 Å². The average molecular weight is 285 g/mol. The van der Waals surface area contributed by atoms with Crippen LogP contribution in [0.25, 0.3) is 0 Å². The van der Waals surface area contributed by atoms with Crippen LogP contribution in [0.3, 0.4) is 0 Å². The van der Waals surface area contributed by atoms with E-state index in [1.807, 2.05) is 24.3 Å². The number of hydrogen-bond donors (Lipinski definition) is 1. The number of amides is 3. The molecular formula is C13H17ClN2O3. The van der Waals surface area contributed by atoms with Crippen molar-refractivity contribution in [1.29, 1.82) is 0 Å². The summed E-state index contributed by atoms with van der Waals surface area (Å²) in [7, 11) is 3.18. The van der Waals surface area contributed by atoms with Crippen molar-refractivity contribution in [1.82, 2.24) is 10.2 Å². The van der Waals surface area contributed by atoms with E-state index in [9.17, 15) is 9.59 Å². The maximum absolute atomic E-state index is 11.7. The maximum Gasteiger partial charge on any atom is 0.324 e. The lowest BCUT2D eigenvalue weighted by Crippen LogP contribution is -2.40. The molecule has 0 fully saturated rings. The number of urea groups is 1. The predicted octanol–water partition coefficient (Wildman–Crippen LogP) is 1.99. The summed E-state index contributed by atoms with van der Waals surface area (Å²) in [6.07, 6.45) is 0.121. The predicted molar refractivity (Wildman–Crippen MR) is 73.3 cm³/mol. The number of alkyl halides is 1. The van der Waals surface area contributed by atoms with Crippen molar-refractivity contribution in [3.05, 3.63) is 29.8 Å². The molecule has 1 aromatic carbocycles. The second-order valence-corrected chi connectivity index (χ2v) is 4.34. The van der Waals surface area contributed by atoms with Gasteiger partial charge in [0.2, 0.25) is 5.91 Å². The van der Waals surface area contributed by atoms with Crippen molar-refractivity contribution in [3.63, 3.8) is 0 Å². The number of ether oxygens (including phenoxy) is 1. The first-order valence-corrected chi connectivity index (χ1v) is 6.34. The molecule has 1 aromatic rings. The van der Waals surface area contributed by atoms with E-state index in [1.165, 1.54) is 4.90 Å². The highest BCUT2D eigenvalue weighted by Crippen LogP contribution is 2.18. The first-order valence-electron chi connectivity index (χ1n) is 5.81. The third-order valence-electron chi connectivity index (χ3n) is 2.51. The molecule has 0 aliphatic carbocycles. The number of carbonyl (C=O) groups is 2. The number of carbonyl (C=O) groups excluding carboxylic acids is 2. The molecule has 0 radical (unpaired) electrons. The third-order valence-corrected chi connectivity index (χ3v) is 2.70. The Bertz CT molecular complexity index is 451. The molecular weight excluding hydrogens is 268 g/mol. The monoisotopic (exact) mass is 284 g/mol. The molecule has 19 heavy (non-hydrogen) atoms. The van der Waals surface area contributed by atoms with E-state index < -0.39 is 6.03 Å². The van der Waals surface area contributed by atoms with E-state index in [0.717, 1.165) is 5.56 Å². The molecule has 5 nitrogen and oxygen atoms in total. The number of benzene rings is 1. The first kappa shape index (κ1) is 15.3. The largest absolute Gasteiger partial charge is 0.496 e. The first-order chi connectivity index (χ1) is 9.08. The van der Waals surface area contributed by atoms with E-state index in [-0.39, 0.29) is 18.2 Å². The van der Waals surface area contributed by atoms with Crippen molar-refractivity contribution in [2.24, 2.45) is 0 Å². The fraction of sp³-hybridized carbons (Fsp3) is 0.385. The van der Waals surface area contributed by atoms with Crippen LogP contribution in [0.15, 0.2) is 24.3 Å². The van der Waals surface area contributed by atoms with Crippen LogP contribution in [0.5, 0.6) is 5.75 Å². The molecule has 0 aliphatic heterocycles. The van der Waals surface area contributed by atoms with E-state index in [1.54, 1.807) is 14.2 Å². The van der Waals surface area contributed by atoms with E-state index in [0.29, 0.717) is 12.3 Å². The molecule has 104 valence electrons. The highest BCUT2D eigenvalue weighted by Gasteiger charge is 2.14. The lowest BCUT2D eigenvalue weighted by Gasteiger charge is -2.18. The summed E-state index contributed by atoms with van der Waals surface area (Å²) in [4.78, 5) is 24.4. The van der Waals surface area contributed by atoms with Crippen molar-refractivity contribution < 1.29 is 14.3 Å². The van der Waals surface area contributed by atoms with Crippen LogP contribution in [0.2, 0.25) is 0 Å². The molecule has 3 amide bonds. The Morgan fingerprint density at radius 1 is 1.37 bits per heavy atom. The SMILES string of the molecule is COc1ccccc1CN(C)C(=O)NC(=O)CCCl. The zero-order chi connectivity index (χ0) is 14.3. The van der Waals surface area contributed by atoms with Gasteiger partial charge in [-0.3, -0.25) is 10.1 Å². The summed E-state index contributed by atoms with van der Waals surface area (Å²) in [6.45, 7) is 0.351. The molecule has 0 unspecified atom stereocenters. The number of halogens is 1. The normalized spacial score (nSPS) is 9.84. The van der Waals surface area contributed by atoms with Crippen molar-refractivity contribution in [3.8, 4) is 5.75 Å². The zero-order valence-electron chi connectivity index (χ0n) is 11.0. The van der Waals surface area contributed by atoms with Gasteiger partial charge in [-0.1, -0.05) is 18.2 Å². The van der Waals surface area contributed by atoms with E-state index in [4.69, 9.17) is 16.3 Å². The van der Waals surface area contributed by atoms with Gasteiger partial charge in [-0.25, -0.2) is 4.79 Å². The topological polar surface area (TPSA) is 58.6 Å². The van der Waals surface area contributed by atoms with Gasteiger partial charge in [-0.2, -0.15) is 0 Å². The third kappa shape index (κ3) is 4.79. The van der Waals surface area contributed by atoms with Crippen molar-refractivity contribution >= 4 is 23.5 Å². The van der Waals surface area contributed by atoms with Gasteiger partial charge in [0, 0.05) is 24.9 Å². The summed E-state index contributed by atoms with van der Waals surface area (Å²) in [6, 6.07) is 6.94. The van der Waals surface area contributed by atoms with Gasteiger partial charge < -0.3 is 9.64 Å². The number of rotatable bonds is 5. The Hall–Kier alpha value is -1.75. The summed E-state index contributed by atoms with van der Waals surface area (Å²) < 4.78 is 5.20. The zero-order valence-corrected chi connectivity index (χ0v) is 11.7. The van der Waals surface area contributed by atoms with Crippen LogP contribution in [0.4, 0.5) is 4.79 Å². The molecule has 0 spiro atoms. The van der Waals surface area contributed by atoms with Gasteiger partial charge in [0.05, 0.1) is 13.7 Å². The van der Waals surface area contributed by atoms with Gasteiger partial charge in [0.25, 0.3) is 0 Å². The molecule has 0 heterocycles. The smallest absolute Gasteiger partial charge is 0.324 e. The van der Waals surface area contributed by atoms with Crippen LogP contribution >= 0.6 is 11.6 Å². The molecule has 1 N–H and O–H groups in total. The van der Waals surface area contributed by atoms with Gasteiger partial charge in [0.1, 0.15) is 5.75 Å². The molecule has 0 saturated heterocycles. The summed E-state index contributed by atoms with van der Waals surface area (Å²) in [5, 5.41) is 2.26. The molecule has 1 rings (SSSR count). The Balaban J connectivity index is 2.61. The lowest BCUT2D eigenvalue weighted by atomic mass is 10.2. The molecule has 0 atom stereocenters. The number of hydrogen-bond acceptors (Lipinski definition) is 3. The Kier molecular flexibility index (Phi) is 6.15. The number of para-hydroxylation sites is 1. The second kappa shape index (κ2) is 7.63. The van der Waals surface area contributed by atoms with Crippen LogP contribution < -0.4 is 10.1 Å². The summed E-state index contributed by atoms with van der Waals surface area (Å²) in [5.74, 6) is 0.510. The number of nitrogens with one attached hydrogen (secondary N) is 1. The molecule has 6 heteroatoms. The minimum atomic E-state index is -0.457. The molecule has 0 aromatic heterocycles. The fourth-order valence-electron chi connectivity index (χ4n) is 1.52. The van der Waals surface area contributed by atoms with Gasteiger partial charge in [-0.15, -0.1) is 11.6 Å². The number of imide groups is 1.